The Morgan fingerprint density at radius 1 is 1.60 bits per heavy atom. The van der Waals surface area contributed by atoms with E-state index in [1.54, 1.807) is 0 Å². The minimum atomic E-state index is -0.336. The predicted molar refractivity (Wildman–Crippen MR) is 46.5 cm³/mol. The van der Waals surface area contributed by atoms with Crippen LogP contribution in [0.5, 0.6) is 0 Å². The van der Waals surface area contributed by atoms with Gasteiger partial charge in [0.25, 0.3) is 5.56 Å². The number of hydrogen-bond acceptors (Lipinski definition) is 3. The zero-order valence-electron chi connectivity index (χ0n) is 4.84. The lowest BCUT2D eigenvalue weighted by Gasteiger charge is -1.88. The van der Waals surface area contributed by atoms with Crippen LogP contribution in [-0.4, -0.2) is 14.4 Å². The van der Waals surface area contributed by atoms with Crippen LogP contribution in [0.2, 0.25) is 0 Å². The summed E-state index contributed by atoms with van der Waals surface area (Å²) < 4.78 is 0.194. The molecule has 54 valence electrons. The van der Waals surface area contributed by atoms with Gasteiger partial charge in [-0.2, -0.15) is 0 Å². The molecule has 0 saturated heterocycles. The first kappa shape index (κ1) is 7.36. The van der Waals surface area contributed by atoms with Crippen LogP contribution in [0.1, 0.15) is 5.56 Å². The summed E-state index contributed by atoms with van der Waals surface area (Å²) in [6, 6.07) is 0. The van der Waals surface area contributed by atoms with Crippen LogP contribution in [0.15, 0.2) is 4.79 Å². The van der Waals surface area contributed by atoms with Gasteiger partial charge in [-0.25, -0.2) is 0 Å². The highest BCUT2D eigenvalue weighted by molar-refractivity contribution is 8.11. The molecule has 0 saturated carbocycles. The highest BCUT2D eigenvalue weighted by Gasteiger charge is 2.07. The van der Waals surface area contributed by atoms with Gasteiger partial charge < -0.3 is 5.73 Å². The normalized spacial score (nSPS) is 9.70. The Hall–Kier alpha value is -0.750. The van der Waals surface area contributed by atoms with E-state index in [0.29, 0.717) is 0 Å². The van der Waals surface area contributed by atoms with E-state index in [9.17, 15) is 4.79 Å². The predicted octanol–water partition coefficient (Wildman–Crippen LogP) is -0.110. The summed E-state index contributed by atoms with van der Waals surface area (Å²) >= 11 is 8.44. The van der Waals surface area contributed by atoms with Crippen molar-refractivity contribution in [1.82, 2.24) is 10.2 Å². The second kappa shape index (κ2) is 2.47. The number of rotatable bonds is 1. The molecule has 1 aromatic heterocycles. The molecule has 0 amide bonds. The van der Waals surface area contributed by atoms with Crippen molar-refractivity contribution < 1.29 is 0 Å². The third kappa shape index (κ3) is 1.07. The Balaban J connectivity index is 3.37. The lowest BCUT2D eigenvalue weighted by molar-refractivity contribution is 1.06. The van der Waals surface area contributed by atoms with Crippen LogP contribution in [0, 0.1) is 0 Å². The van der Waals surface area contributed by atoms with Crippen LogP contribution in [0.25, 0.3) is 0 Å². The van der Waals surface area contributed by atoms with Gasteiger partial charge in [-0.15, -0.1) is 12.6 Å². The third-order valence-electron chi connectivity index (χ3n) is 1.02. The van der Waals surface area contributed by atoms with Gasteiger partial charge in [0, 0.05) is 0 Å². The number of nitrogens with two attached hydrogens (primary N) is 1. The molecule has 0 radical (unpaired) electrons. The largest absolute Gasteiger partial charge is 0.383 e. The average Bonchev–Trinajstić information content (AvgIpc) is 2.11. The number of aromatic nitrogens is 2. The van der Waals surface area contributed by atoms with Gasteiger partial charge in [-0.1, -0.05) is 12.2 Å². The lowest BCUT2D eigenvalue weighted by atomic mass is 10.4. The molecule has 0 aliphatic heterocycles. The van der Waals surface area contributed by atoms with E-state index in [1.807, 2.05) is 0 Å². The third-order valence-corrected chi connectivity index (χ3v) is 1.45. The first-order valence-electron chi connectivity index (χ1n) is 2.42. The van der Waals surface area contributed by atoms with E-state index in [2.05, 4.69) is 35.0 Å². The van der Waals surface area contributed by atoms with Crippen LogP contribution in [0.4, 0.5) is 5.82 Å². The van der Waals surface area contributed by atoms with Crippen molar-refractivity contribution in [3.8, 4) is 0 Å². The summed E-state index contributed by atoms with van der Waals surface area (Å²) in [6.07, 6.45) is 0. The van der Waals surface area contributed by atoms with E-state index in [0.717, 1.165) is 0 Å². The molecule has 4 nitrogen and oxygen atoms in total. The number of anilines is 1. The summed E-state index contributed by atoms with van der Waals surface area (Å²) in [5.41, 5.74) is 5.22. The van der Waals surface area contributed by atoms with Gasteiger partial charge in [0.1, 0.15) is 11.4 Å². The second-order valence-corrected chi connectivity index (χ2v) is 2.83. The maximum Gasteiger partial charge on any atom is 0.275 e. The summed E-state index contributed by atoms with van der Waals surface area (Å²) in [5.74, 6) is 0.227. The molecule has 0 unspecified atom stereocenters. The molecular formula is C4H5N3OS2. The molecule has 6 heteroatoms. The van der Waals surface area contributed by atoms with E-state index < -0.39 is 0 Å². The highest BCUT2D eigenvalue weighted by atomic mass is 32.1. The van der Waals surface area contributed by atoms with Crippen molar-refractivity contribution in [3.05, 3.63) is 15.9 Å². The molecule has 0 bridgehead atoms. The van der Waals surface area contributed by atoms with Crippen molar-refractivity contribution in [3.63, 3.8) is 0 Å². The van der Waals surface area contributed by atoms with E-state index in [1.165, 1.54) is 0 Å². The van der Waals surface area contributed by atoms with Crippen molar-refractivity contribution in [2.45, 2.75) is 0 Å². The molecule has 1 heterocycles. The van der Waals surface area contributed by atoms with Crippen molar-refractivity contribution in [2.75, 3.05) is 5.73 Å². The average molecular weight is 175 g/mol. The van der Waals surface area contributed by atoms with E-state index in [4.69, 9.17) is 5.73 Å². The standard InChI is InChI=1S/C4H5N3OS2/c5-2-1(4(9)10)3(8)7-6-2/h(H,9,10)(H4,5,6,7,8). The Labute approximate surface area is 67.2 Å². The van der Waals surface area contributed by atoms with E-state index >= 15 is 0 Å². The number of H-pyrrole nitrogens is 2. The van der Waals surface area contributed by atoms with Gasteiger partial charge in [-0.3, -0.25) is 15.0 Å². The molecule has 4 N–H and O–H groups in total. The molecule has 0 fully saturated rings. The number of nitrogens with one attached hydrogen (secondary N) is 2. The Morgan fingerprint density at radius 2 is 2.20 bits per heavy atom. The fourth-order valence-corrected chi connectivity index (χ4v) is 1.01. The van der Waals surface area contributed by atoms with Gasteiger partial charge in [0.05, 0.1) is 4.20 Å². The smallest absolute Gasteiger partial charge is 0.275 e. The first-order valence-corrected chi connectivity index (χ1v) is 3.28. The molecular weight excluding hydrogens is 170 g/mol. The summed E-state index contributed by atoms with van der Waals surface area (Å²) in [4.78, 5) is 10.8. The van der Waals surface area contributed by atoms with Crippen LogP contribution >= 0.6 is 24.8 Å². The molecule has 0 spiro atoms. The molecule has 0 aliphatic carbocycles. The number of nitrogen functional groups attached to an aromatic ring is 1. The topological polar surface area (TPSA) is 74.7 Å². The molecule has 0 aromatic carbocycles. The highest BCUT2D eigenvalue weighted by Crippen LogP contribution is 2.04. The minimum Gasteiger partial charge on any atom is -0.383 e. The van der Waals surface area contributed by atoms with Gasteiger partial charge in [0.15, 0.2) is 0 Å². The first-order chi connectivity index (χ1) is 4.63. The fraction of sp³-hybridized carbons (Fsp3) is 0. The summed E-state index contributed by atoms with van der Waals surface area (Å²) in [6.45, 7) is 0. The zero-order valence-corrected chi connectivity index (χ0v) is 6.55. The van der Waals surface area contributed by atoms with Gasteiger partial charge in [0.2, 0.25) is 0 Å². The molecule has 1 aromatic rings. The molecule has 10 heavy (non-hydrogen) atoms. The second-order valence-electron chi connectivity index (χ2n) is 1.67. The van der Waals surface area contributed by atoms with Crippen LogP contribution < -0.4 is 11.3 Å². The van der Waals surface area contributed by atoms with Crippen molar-refractivity contribution >= 4 is 34.9 Å². The summed E-state index contributed by atoms with van der Waals surface area (Å²) in [7, 11) is 0. The molecule has 1 rings (SSSR count). The number of aromatic amines is 2. The van der Waals surface area contributed by atoms with Crippen molar-refractivity contribution in [2.24, 2.45) is 0 Å². The Kier molecular flexibility index (Phi) is 1.82. The minimum absolute atomic E-state index is 0.194. The number of hydrogen-bond donors (Lipinski definition) is 4. The number of thiol groups is 1. The summed E-state index contributed by atoms with van der Waals surface area (Å²) in [5, 5.41) is 4.70. The van der Waals surface area contributed by atoms with E-state index in [-0.39, 0.29) is 21.1 Å². The van der Waals surface area contributed by atoms with Crippen molar-refractivity contribution in [1.29, 1.82) is 0 Å². The quantitative estimate of drug-likeness (QED) is 0.355. The van der Waals surface area contributed by atoms with Crippen LogP contribution in [0.3, 0.4) is 0 Å². The Morgan fingerprint density at radius 3 is 2.40 bits per heavy atom. The van der Waals surface area contributed by atoms with Crippen LogP contribution in [-0.2, 0) is 0 Å². The lowest BCUT2D eigenvalue weighted by Crippen LogP contribution is -2.08. The zero-order chi connectivity index (χ0) is 7.72. The fourth-order valence-electron chi connectivity index (χ4n) is 0.584. The molecule has 0 atom stereocenters. The number of thiocarbonyl (C=S) groups is 1. The maximum atomic E-state index is 10.8. The van der Waals surface area contributed by atoms with Gasteiger partial charge >= 0.3 is 0 Å². The molecule has 0 aliphatic rings. The SMILES string of the molecule is Nc1[nH][nH]c(=O)c1C(=S)S. The van der Waals surface area contributed by atoms with Gasteiger partial charge in [-0.05, 0) is 0 Å². The Bertz CT molecular complexity index is 313. The monoisotopic (exact) mass is 175 g/mol. The maximum absolute atomic E-state index is 10.8.